The number of nitrogens with one attached hydrogen (secondary N) is 1. The van der Waals surface area contributed by atoms with Gasteiger partial charge in [-0.15, -0.1) is 6.58 Å². The third-order valence-corrected chi connectivity index (χ3v) is 2.40. The summed E-state index contributed by atoms with van der Waals surface area (Å²) < 4.78 is 0. The minimum absolute atomic E-state index is 0.420. The van der Waals surface area contributed by atoms with Gasteiger partial charge in [-0.2, -0.15) is 0 Å². The molecule has 1 N–H and O–H groups in total. The Labute approximate surface area is 93.2 Å². The quantitative estimate of drug-likeness (QED) is 0.695. The molecule has 0 bridgehead atoms. The van der Waals surface area contributed by atoms with E-state index in [-0.39, 0.29) is 0 Å². The van der Waals surface area contributed by atoms with Crippen molar-refractivity contribution in [2.24, 2.45) is 0 Å². The van der Waals surface area contributed by atoms with Crippen LogP contribution in [0.15, 0.2) is 42.5 Å². The predicted octanol–water partition coefficient (Wildman–Crippen LogP) is 3.69. The van der Waals surface area contributed by atoms with Crippen molar-refractivity contribution in [1.29, 1.82) is 0 Å². The summed E-state index contributed by atoms with van der Waals surface area (Å²) in [6, 6.07) is 11.0. The number of hydrogen-bond donors (Lipinski definition) is 1. The molecule has 0 aliphatic carbocycles. The van der Waals surface area contributed by atoms with Crippen molar-refractivity contribution in [3.05, 3.63) is 48.0 Å². The van der Waals surface area contributed by atoms with Gasteiger partial charge in [0.2, 0.25) is 0 Å². The SMILES string of the molecule is C=C(C)CC(NCCC)c1ccccc1. The molecule has 0 amide bonds. The van der Waals surface area contributed by atoms with E-state index in [9.17, 15) is 0 Å². The van der Waals surface area contributed by atoms with Gasteiger partial charge in [-0.25, -0.2) is 0 Å². The van der Waals surface area contributed by atoms with E-state index in [0.717, 1.165) is 13.0 Å². The first-order valence-corrected chi connectivity index (χ1v) is 5.66. The summed E-state index contributed by atoms with van der Waals surface area (Å²) in [6.45, 7) is 9.33. The van der Waals surface area contributed by atoms with Crippen LogP contribution in [0.2, 0.25) is 0 Å². The normalized spacial score (nSPS) is 12.4. The maximum Gasteiger partial charge on any atom is 0.0357 e. The molecule has 1 heteroatoms. The molecule has 1 aromatic carbocycles. The van der Waals surface area contributed by atoms with Gasteiger partial charge < -0.3 is 5.32 Å². The Morgan fingerprint density at radius 1 is 1.33 bits per heavy atom. The highest BCUT2D eigenvalue weighted by atomic mass is 14.9. The summed E-state index contributed by atoms with van der Waals surface area (Å²) in [6.07, 6.45) is 2.18. The molecule has 0 spiro atoms. The van der Waals surface area contributed by atoms with E-state index in [0.29, 0.717) is 6.04 Å². The van der Waals surface area contributed by atoms with Crippen molar-refractivity contribution in [2.75, 3.05) is 6.54 Å². The van der Waals surface area contributed by atoms with Gasteiger partial charge in [0.15, 0.2) is 0 Å². The lowest BCUT2D eigenvalue weighted by Crippen LogP contribution is -2.22. The second-order valence-corrected chi connectivity index (χ2v) is 4.08. The summed E-state index contributed by atoms with van der Waals surface area (Å²) in [5.41, 5.74) is 2.58. The molecular formula is C14H21N. The molecule has 15 heavy (non-hydrogen) atoms. The average Bonchev–Trinajstić information content (AvgIpc) is 2.25. The molecular weight excluding hydrogens is 182 g/mol. The lowest BCUT2D eigenvalue weighted by Gasteiger charge is -2.18. The lowest BCUT2D eigenvalue weighted by molar-refractivity contribution is 0.528. The minimum Gasteiger partial charge on any atom is -0.310 e. The average molecular weight is 203 g/mol. The van der Waals surface area contributed by atoms with Crippen LogP contribution in [0.4, 0.5) is 0 Å². The summed E-state index contributed by atoms with van der Waals surface area (Å²) in [5.74, 6) is 0. The van der Waals surface area contributed by atoms with Crippen molar-refractivity contribution in [1.82, 2.24) is 5.32 Å². The van der Waals surface area contributed by atoms with Crippen LogP contribution in [0.3, 0.4) is 0 Å². The van der Waals surface area contributed by atoms with Crippen molar-refractivity contribution >= 4 is 0 Å². The first-order valence-electron chi connectivity index (χ1n) is 5.66. The highest BCUT2D eigenvalue weighted by Crippen LogP contribution is 2.19. The van der Waals surface area contributed by atoms with Crippen LogP contribution in [-0.2, 0) is 0 Å². The summed E-state index contributed by atoms with van der Waals surface area (Å²) in [5, 5.41) is 3.56. The fourth-order valence-corrected chi connectivity index (χ4v) is 1.66. The highest BCUT2D eigenvalue weighted by molar-refractivity contribution is 5.20. The van der Waals surface area contributed by atoms with E-state index >= 15 is 0 Å². The van der Waals surface area contributed by atoms with E-state index < -0.39 is 0 Å². The second kappa shape index (κ2) is 6.41. The number of hydrogen-bond acceptors (Lipinski definition) is 1. The molecule has 1 nitrogen and oxygen atoms in total. The zero-order valence-corrected chi connectivity index (χ0v) is 9.79. The molecule has 0 radical (unpaired) electrons. The molecule has 0 saturated heterocycles. The van der Waals surface area contributed by atoms with Crippen molar-refractivity contribution in [3.8, 4) is 0 Å². The fourth-order valence-electron chi connectivity index (χ4n) is 1.66. The maximum atomic E-state index is 3.99. The third-order valence-electron chi connectivity index (χ3n) is 2.40. The van der Waals surface area contributed by atoms with Crippen LogP contribution in [0.1, 0.15) is 38.3 Å². The van der Waals surface area contributed by atoms with Gasteiger partial charge in [0.05, 0.1) is 0 Å². The van der Waals surface area contributed by atoms with Crippen LogP contribution >= 0.6 is 0 Å². The molecule has 0 saturated carbocycles. The topological polar surface area (TPSA) is 12.0 Å². The molecule has 0 aromatic heterocycles. The molecule has 82 valence electrons. The van der Waals surface area contributed by atoms with Gasteiger partial charge in [-0.3, -0.25) is 0 Å². The van der Waals surface area contributed by atoms with E-state index in [1.54, 1.807) is 0 Å². The molecule has 0 aliphatic rings. The van der Waals surface area contributed by atoms with Crippen LogP contribution in [0.5, 0.6) is 0 Å². The Bertz CT molecular complexity index is 289. The van der Waals surface area contributed by atoms with E-state index in [2.05, 4.69) is 56.1 Å². The lowest BCUT2D eigenvalue weighted by atomic mass is 10.0. The van der Waals surface area contributed by atoms with Crippen LogP contribution in [-0.4, -0.2) is 6.54 Å². The monoisotopic (exact) mass is 203 g/mol. The summed E-state index contributed by atoms with van der Waals surface area (Å²) in [4.78, 5) is 0. The van der Waals surface area contributed by atoms with Crippen LogP contribution < -0.4 is 5.32 Å². The molecule has 1 atom stereocenters. The van der Waals surface area contributed by atoms with E-state index in [4.69, 9.17) is 0 Å². The highest BCUT2D eigenvalue weighted by Gasteiger charge is 2.09. The Balaban J connectivity index is 2.67. The maximum absolute atomic E-state index is 3.99. The second-order valence-electron chi connectivity index (χ2n) is 4.08. The molecule has 0 fully saturated rings. The standard InChI is InChI=1S/C14H21N/c1-4-10-15-14(11-12(2)3)13-8-6-5-7-9-13/h5-9,14-15H,2,4,10-11H2,1,3H3. The predicted molar refractivity (Wildman–Crippen MR) is 66.9 cm³/mol. The fraction of sp³-hybridized carbons (Fsp3) is 0.429. The summed E-state index contributed by atoms with van der Waals surface area (Å²) >= 11 is 0. The Hall–Kier alpha value is -1.08. The minimum atomic E-state index is 0.420. The van der Waals surface area contributed by atoms with Gasteiger partial charge in [0, 0.05) is 6.04 Å². The van der Waals surface area contributed by atoms with E-state index in [1.807, 2.05) is 0 Å². The smallest absolute Gasteiger partial charge is 0.0357 e. The Kier molecular flexibility index (Phi) is 5.13. The van der Waals surface area contributed by atoms with Gasteiger partial charge in [0.1, 0.15) is 0 Å². The Morgan fingerprint density at radius 2 is 2.00 bits per heavy atom. The zero-order valence-electron chi connectivity index (χ0n) is 9.79. The van der Waals surface area contributed by atoms with E-state index in [1.165, 1.54) is 17.6 Å². The van der Waals surface area contributed by atoms with Crippen LogP contribution in [0.25, 0.3) is 0 Å². The molecule has 1 unspecified atom stereocenters. The van der Waals surface area contributed by atoms with Gasteiger partial charge in [-0.05, 0) is 31.9 Å². The van der Waals surface area contributed by atoms with Crippen molar-refractivity contribution in [3.63, 3.8) is 0 Å². The van der Waals surface area contributed by atoms with Gasteiger partial charge >= 0.3 is 0 Å². The zero-order chi connectivity index (χ0) is 11.1. The molecule has 1 aromatic rings. The number of rotatable bonds is 6. The van der Waals surface area contributed by atoms with Gasteiger partial charge in [-0.1, -0.05) is 42.8 Å². The third kappa shape index (κ3) is 4.30. The Morgan fingerprint density at radius 3 is 2.53 bits per heavy atom. The van der Waals surface area contributed by atoms with Crippen molar-refractivity contribution in [2.45, 2.75) is 32.7 Å². The first-order chi connectivity index (χ1) is 7.24. The van der Waals surface area contributed by atoms with Crippen molar-refractivity contribution < 1.29 is 0 Å². The molecule has 0 aliphatic heterocycles. The molecule has 0 heterocycles. The van der Waals surface area contributed by atoms with Gasteiger partial charge in [0.25, 0.3) is 0 Å². The summed E-state index contributed by atoms with van der Waals surface area (Å²) in [7, 11) is 0. The number of benzene rings is 1. The molecule has 1 rings (SSSR count). The first kappa shape index (κ1) is 12.0. The largest absolute Gasteiger partial charge is 0.310 e. The van der Waals surface area contributed by atoms with Crippen LogP contribution in [0, 0.1) is 0 Å².